The van der Waals surface area contributed by atoms with Crippen molar-refractivity contribution in [2.24, 2.45) is 5.73 Å². The number of nitrogens with two attached hydrogens (primary N) is 1. The zero-order chi connectivity index (χ0) is 8.39. The van der Waals surface area contributed by atoms with Crippen molar-refractivity contribution < 1.29 is 0 Å². The van der Waals surface area contributed by atoms with Gasteiger partial charge in [-0.05, 0) is 17.5 Å². The van der Waals surface area contributed by atoms with Crippen LogP contribution in [0.4, 0.5) is 0 Å². The van der Waals surface area contributed by atoms with E-state index in [2.05, 4.69) is 10.2 Å². The summed E-state index contributed by atoms with van der Waals surface area (Å²) in [4.78, 5) is 1.15. The predicted octanol–water partition coefficient (Wildman–Crippen LogP) is 1.52. The van der Waals surface area contributed by atoms with Crippen molar-refractivity contribution in [3.05, 3.63) is 40.3 Å². The number of thiophene rings is 1. The molecule has 3 nitrogen and oxygen atoms in total. The summed E-state index contributed by atoms with van der Waals surface area (Å²) in [5.74, 6) is 0. The summed E-state index contributed by atoms with van der Waals surface area (Å²) in [6, 6.07) is 5.85. The molecule has 2 aromatic rings. The Hall–Kier alpha value is -1.13. The monoisotopic (exact) mass is 179 g/mol. The van der Waals surface area contributed by atoms with Crippen molar-refractivity contribution in [2.75, 3.05) is 0 Å². The molecular formula is C8H9N3S. The summed E-state index contributed by atoms with van der Waals surface area (Å²) in [7, 11) is 0. The van der Waals surface area contributed by atoms with Crippen LogP contribution in [0.5, 0.6) is 0 Å². The first kappa shape index (κ1) is 7.52. The molecule has 0 saturated heterocycles. The Bertz CT molecular complexity index is 291. The summed E-state index contributed by atoms with van der Waals surface area (Å²) in [6.45, 7) is 0. The summed E-state index contributed by atoms with van der Waals surface area (Å²) in [6.07, 6.45) is 1.71. The van der Waals surface area contributed by atoms with E-state index in [1.165, 1.54) is 0 Å². The summed E-state index contributed by atoms with van der Waals surface area (Å²) in [5.41, 5.74) is 6.90. The van der Waals surface area contributed by atoms with E-state index in [0.29, 0.717) is 0 Å². The largest absolute Gasteiger partial charge is 0.318 e. The molecule has 0 spiro atoms. The zero-order valence-electron chi connectivity index (χ0n) is 6.40. The van der Waals surface area contributed by atoms with Gasteiger partial charge in [-0.3, -0.25) is 5.10 Å². The molecule has 1 unspecified atom stereocenters. The number of H-pyrrole nitrogens is 1. The lowest BCUT2D eigenvalue weighted by molar-refractivity contribution is 0.832. The highest BCUT2D eigenvalue weighted by Gasteiger charge is 2.09. The minimum absolute atomic E-state index is 0.0625. The first-order chi connectivity index (χ1) is 5.88. The third kappa shape index (κ3) is 1.26. The van der Waals surface area contributed by atoms with Gasteiger partial charge in [-0.2, -0.15) is 5.10 Å². The van der Waals surface area contributed by atoms with E-state index in [1.807, 2.05) is 23.6 Å². The van der Waals surface area contributed by atoms with E-state index in [-0.39, 0.29) is 6.04 Å². The number of rotatable bonds is 2. The van der Waals surface area contributed by atoms with Crippen LogP contribution in [0.3, 0.4) is 0 Å². The van der Waals surface area contributed by atoms with E-state index in [9.17, 15) is 0 Å². The Balaban J connectivity index is 2.27. The highest BCUT2D eigenvalue weighted by atomic mass is 32.1. The van der Waals surface area contributed by atoms with Crippen LogP contribution in [0.15, 0.2) is 29.8 Å². The van der Waals surface area contributed by atoms with E-state index in [0.717, 1.165) is 10.6 Å². The lowest BCUT2D eigenvalue weighted by Crippen LogP contribution is -2.10. The average Bonchev–Trinajstić information content (AvgIpc) is 2.77. The van der Waals surface area contributed by atoms with Gasteiger partial charge in [0.15, 0.2) is 0 Å². The lowest BCUT2D eigenvalue weighted by Gasteiger charge is -2.04. The first-order valence-corrected chi connectivity index (χ1v) is 4.54. The van der Waals surface area contributed by atoms with Crippen molar-refractivity contribution in [3.63, 3.8) is 0 Å². The van der Waals surface area contributed by atoms with Gasteiger partial charge < -0.3 is 5.73 Å². The van der Waals surface area contributed by atoms with E-state index >= 15 is 0 Å². The van der Waals surface area contributed by atoms with Gasteiger partial charge in [-0.15, -0.1) is 11.3 Å². The highest BCUT2D eigenvalue weighted by molar-refractivity contribution is 7.10. The molecule has 0 radical (unpaired) electrons. The second-order valence-corrected chi connectivity index (χ2v) is 3.48. The van der Waals surface area contributed by atoms with Crippen LogP contribution >= 0.6 is 11.3 Å². The van der Waals surface area contributed by atoms with Crippen LogP contribution in [0.1, 0.15) is 16.6 Å². The molecule has 0 fully saturated rings. The van der Waals surface area contributed by atoms with Crippen molar-refractivity contribution in [1.82, 2.24) is 10.2 Å². The van der Waals surface area contributed by atoms with Crippen LogP contribution in [0.2, 0.25) is 0 Å². The maximum Gasteiger partial charge on any atom is 0.0814 e. The molecule has 0 aliphatic rings. The minimum Gasteiger partial charge on any atom is -0.318 e. The molecule has 0 saturated carbocycles. The predicted molar refractivity (Wildman–Crippen MR) is 48.9 cm³/mol. The number of aromatic amines is 1. The van der Waals surface area contributed by atoms with E-state index < -0.39 is 0 Å². The van der Waals surface area contributed by atoms with Crippen molar-refractivity contribution >= 4 is 11.3 Å². The maximum absolute atomic E-state index is 5.94. The molecule has 0 bridgehead atoms. The Morgan fingerprint density at radius 2 is 2.42 bits per heavy atom. The summed E-state index contributed by atoms with van der Waals surface area (Å²) >= 11 is 1.66. The van der Waals surface area contributed by atoms with E-state index in [1.54, 1.807) is 17.5 Å². The van der Waals surface area contributed by atoms with Gasteiger partial charge in [0.25, 0.3) is 0 Å². The number of nitrogens with one attached hydrogen (secondary N) is 1. The Morgan fingerprint density at radius 1 is 1.50 bits per heavy atom. The number of nitrogens with zero attached hydrogens (tertiary/aromatic N) is 1. The molecule has 62 valence electrons. The molecule has 2 rings (SSSR count). The fourth-order valence-corrected chi connectivity index (χ4v) is 1.81. The topological polar surface area (TPSA) is 54.7 Å². The SMILES string of the molecule is NC(c1ccn[nH]1)c1cccs1. The fraction of sp³-hybridized carbons (Fsp3) is 0.125. The lowest BCUT2D eigenvalue weighted by atomic mass is 10.2. The van der Waals surface area contributed by atoms with Crippen LogP contribution in [0, 0.1) is 0 Å². The molecule has 2 aromatic heterocycles. The van der Waals surface area contributed by atoms with Gasteiger partial charge in [0.2, 0.25) is 0 Å². The van der Waals surface area contributed by atoms with E-state index in [4.69, 9.17) is 5.73 Å². The number of hydrogen-bond donors (Lipinski definition) is 2. The molecule has 12 heavy (non-hydrogen) atoms. The molecule has 0 amide bonds. The van der Waals surface area contributed by atoms with Crippen molar-refractivity contribution in [2.45, 2.75) is 6.04 Å². The quantitative estimate of drug-likeness (QED) is 0.734. The molecular weight excluding hydrogens is 170 g/mol. The van der Waals surface area contributed by atoms with Gasteiger partial charge in [0.05, 0.1) is 11.7 Å². The van der Waals surface area contributed by atoms with Crippen LogP contribution in [-0.2, 0) is 0 Å². The second kappa shape index (κ2) is 3.08. The molecule has 1 atom stereocenters. The third-order valence-electron chi connectivity index (χ3n) is 1.71. The normalized spacial score (nSPS) is 13.1. The number of hydrogen-bond acceptors (Lipinski definition) is 3. The smallest absolute Gasteiger partial charge is 0.0814 e. The van der Waals surface area contributed by atoms with Crippen molar-refractivity contribution in [3.8, 4) is 0 Å². The molecule has 0 aliphatic heterocycles. The van der Waals surface area contributed by atoms with Gasteiger partial charge in [0, 0.05) is 11.1 Å². The Labute approximate surface area is 74.2 Å². The van der Waals surface area contributed by atoms with Gasteiger partial charge >= 0.3 is 0 Å². The summed E-state index contributed by atoms with van der Waals surface area (Å²) in [5, 5.41) is 8.73. The molecule has 3 N–H and O–H groups in total. The molecule has 2 heterocycles. The zero-order valence-corrected chi connectivity index (χ0v) is 7.21. The van der Waals surface area contributed by atoms with Gasteiger partial charge in [0.1, 0.15) is 0 Å². The van der Waals surface area contributed by atoms with Gasteiger partial charge in [-0.25, -0.2) is 0 Å². The standard InChI is InChI=1S/C8H9N3S/c9-8(6-3-4-10-11-6)7-2-1-5-12-7/h1-5,8H,9H2,(H,10,11). The van der Waals surface area contributed by atoms with Gasteiger partial charge in [-0.1, -0.05) is 6.07 Å². The van der Waals surface area contributed by atoms with Crippen LogP contribution in [0.25, 0.3) is 0 Å². The number of aromatic nitrogens is 2. The van der Waals surface area contributed by atoms with Crippen LogP contribution < -0.4 is 5.73 Å². The Kier molecular flexibility index (Phi) is 1.93. The molecule has 0 aromatic carbocycles. The minimum atomic E-state index is -0.0625. The fourth-order valence-electron chi connectivity index (χ4n) is 1.06. The summed E-state index contributed by atoms with van der Waals surface area (Å²) < 4.78 is 0. The average molecular weight is 179 g/mol. The Morgan fingerprint density at radius 3 is 3.00 bits per heavy atom. The van der Waals surface area contributed by atoms with Crippen LogP contribution in [-0.4, -0.2) is 10.2 Å². The maximum atomic E-state index is 5.94. The second-order valence-electron chi connectivity index (χ2n) is 2.51. The molecule has 4 heteroatoms. The molecule has 0 aliphatic carbocycles. The first-order valence-electron chi connectivity index (χ1n) is 3.66. The van der Waals surface area contributed by atoms with Crippen molar-refractivity contribution in [1.29, 1.82) is 0 Å². The third-order valence-corrected chi connectivity index (χ3v) is 2.66. The highest BCUT2D eigenvalue weighted by Crippen LogP contribution is 2.21.